The summed E-state index contributed by atoms with van der Waals surface area (Å²) in [7, 11) is 4.09. The number of hydrogen-bond donors (Lipinski definition) is 2. The fourth-order valence-electron chi connectivity index (χ4n) is 3.68. The summed E-state index contributed by atoms with van der Waals surface area (Å²) in [6, 6.07) is 0.780. The molecule has 0 aromatic heterocycles. The van der Waals surface area contributed by atoms with E-state index in [1.165, 1.54) is 25.7 Å². The van der Waals surface area contributed by atoms with E-state index in [0.29, 0.717) is 0 Å². The van der Waals surface area contributed by atoms with E-state index >= 15 is 0 Å². The van der Waals surface area contributed by atoms with Crippen LogP contribution < -0.4 is 10.6 Å². The molecule has 2 N–H and O–H groups in total. The lowest BCUT2D eigenvalue weighted by atomic mass is 10.0. The predicted octanol–water partition coefficient (Wildman–Crippen LogP) is 1.14. The van der Waals surface area contributed by atoms with Crippen LogP contribution in [0.2, 0.25) is 0 Å². The van der Waals surface area contributed by atoms with Gasteiger partial charge >= 0.3 is 0 Å². The number of hydrogen-bond acceptors (Lipinski definition) is 4. The molecule has 0 aromatic rings. The summed E-state index contributed by atoms with van der Waals surface area (Å²) in [5, 5.41) is 6.94. The lowest BCUT2D eigenvalue weighted by molar-refractivity contribution is -0.00834. The first-order valence-corrected chi connectivity index (χ1v) is 9.50. The second kappa shape index (κ2) is 9.59. The smallest absolute Gasteiger partial charge is 0.191 e. The van der Waals surface area contributed by atoms with Gasteiger partial charge in [-0.15, -0.1) is 0 Å². The summed E-state index contributed by atoms with van der Waals surface area (Å²) in [6.07, 6.45) is 5.50. The van der Waals surface area contributed by atoms with Crippen molar-refractivity contribution in [1.82, 2.24) is 20.4 Å². The molecule has 1 aliphatic heterocycles. The number of nitrogens with zero attached hydrogens (tertiary/aromatic N) is 3. The van der Waals surface area contributed by atoms with Gasteiger partial charge in [0.05, 0.1) is 13.2 Å². The molecule has 2 aliphatic rings. The highest BCUT2D eigenvalue weighted by molar-refractivity contribution is 5.79. The van der Waals surface area contributed by atoms with Crippen LogP contribution in [0.1, 0.15) is 39.5 Å². The van der Waals surface area contributed by atoms with Crippen molar-refractivity contribution >= 4 is 5.96 Å². The van der Waals surface area contributed by atoms with Gasteiger partial charge in [-0.3, -0.25) is 9.89 Å². The van der Waals surface area contributed by atoms with Crippen molar-refractivity contribution in [2.75, 3.05) is 60.0 Å². The zero-order chi connectivity index (χ0) is 17.4. The van der Waals surface area contributed by atoms with Gasteiger partial charge in [-0.2, -0.15) is 0 Å². The highest BCUT2D eigenvalue weighted by atomic mass is 16.5. The largest absolute Gasteiger partial charge is 0.379 e. The van der Waals surface area contributed by atoms with Crippen LogP contribution in [-0.4, -0.2) is 87.4 Å². The molecular formula is C18H37N5O. The van der Waals surface area contributed by atoms with E-state index in [2.05, 4.69) is 46.3 Å². The normalized spacial score (nSPS) is 21.5. The van der Waals surface area contributed by atoms with Crippen molar-refractivity contribution in [3.8, 4) is 0 Å². The van der Waals surface area contributed by atoms with Gasteiger partial charge in [0.15, 0.2) is 5.96 Å². The van der Waals surface area contributed by atoms with Gasteiger partial charge in [-0.05, 0) is 33.7 Å². The lowest BCUT2D eigenvalue weighted by Gasteiger charge is -2.41. The summed E-state index contributed by atoms with van der Waals surface area (Å²) >= 11 is 0. The SMILES string of the molecule is CN=C(NCCN(C)C1CCCC1)NCC(C)(C)N1CCOCC1. The average molecular weight is 340 g/mol. The van der Waals surface area contributed by atoms with E-state index in [-0.39, 0.29) is 5.54 Å². The fraction of sp³-hybridized carbons (Fsp3) is 0.944. The van der Waals surface area contributed by atoms with Gasteiger partial charge in [0.25, 0.3) is 0 Å². The summed E-state index contributed by atoms with van der Waals surface area (Å²) in [5.74, 6) is 0.899. The van der Waals surface area contributed by atoms with Gasteiger partial charge in [0, 0.05) is 51.4 Å². The molecule has 0 radical (unpaired) electrons. The molecule has 0 spiro atoms. The van der Waals surface area contributed by atoms with Gasteiger partial charge in [0.1, 0.15) is 0 Å². The van der Waals surface area contributed by atoms with Gasteiger partial charge in [-0.1, -0.05) is 12.8 Å². The fourth-order valence-corrected chi connectivity index (χ4v) is 3.68. The molecule has 6 heteroatoms. The average Bonchev–Trinajstić information content (AvgIpc) is 3.13. The number of aliphatic imine (C=N–C) groups is 1. The van der Waals surface area contributed by atoms with Gasteiger partial charge < -0.3 is 20.3 Å². The van der Waals surface area contributed by atoms with Crippen molar-refractivity contribution < 1.29 is 4.74 Å². The Morgan fingerprint density at radius 1 is 1.21 bits per heavy atom. The Balaban J connectivity index is 1.67. The van der Waals surface area contributed by atoms with Crippen molar-refractivity contribution in [3.05, 3.63) is 0 Å². The van der Waals surface area contributed by atoms with Crippen LogP contribution in [0.5, 0.6) is 0 Å². The Labute approximate surface area is 148 Å². The van der Waals surface area contributed by atoms with E-state index in [1.807, 2.05) is 7.05 Å². The standard InChI is InChI=1S/C18H37N5O/c1-18(2,23-11-13-24-14-12-23)15-21-17(19-3)20-9-10-22(4)16-7-5-6-8-16/h16H,5-15H2,1-4H3,(H2,19,20,21). The molecule has 0 aromatic carbocycles. The third kappa shape index (κ3) is 5.90. The first-order chi connectivity index (χ1) is 11.5. The van der Waals surface area contributed by atoms with Crippen LogP contribution >= 0.6 is 0 Å². The monoisotopic (exact) mass is 339 g/mol. The molecule has 2 rings (SSSR count). The molecule has 0 bridgehead atoms. The summed E-state index contributed by atoms with van der Waals surface area (Å²) < 4.78 is 5.46. The predicted molar refractivity (Wildman–Crippen MR) is 101 cm³/mol. The Morgan fingerprint density at radius 2 is 1.88 bits per heavy atom. The first-order valence-electron chi connectivity index (χ1n) is 9.50. The third-order valence-corrected chi connectivity index (χ3v) is 5.48. The second-order valence-electron chi connectivity index (χ2n) is 7.68. The zero-order valence-electron chi connectivity index (χ0n) is 16.1. The number of likely N-dealkylation sites (N-methyl/N-ethyl adjacent to an activating group) is 1. The zero-order valence-corrected chi connectivity index (χ0v) is 16.1. The minimum absolute atomic E-state index is 0.0992. The molecule has 1 saturated heterocycles. The van der Waals surface area contributed by atoms with Gasteiger partial charge in [0.2, 0.25) is 0 Å². The molecular weight excluding hydrogens is 302 g/mol. The molecule has 0 unspecified atom stereocenters. The molecule has 6 nitrogen and oxygen atoms in total. The molecule has 2 fully saturated rings. The van der Waals surface area contributed by atoms with E-state index in [4.69, 9.17) is 4.74 Å². The van der Waals surface area contributed by atoms with E-state index in [9.17, 15) is 0 Å². The molecule has 0 atom stereocenters. The summed E-state index contributed by atoms with van der Waals surface area (Å²) in [4.78, 5) is 9.35. The highest BCUT2D eigenvalue weighted by Gasteiger charge is 2.28. The molecule has 140 valence electrons. The van der Waals surface area contributed by atoms with Crippen molar-refractivity contribution in [3.63, 3.8) is 0 Å². The maximum absolute atomic E-state index is 5.46. The molecule has 1 heterocycles. The van der Waals surface area contributed by atoms with Crippen LogP contribution in [0.25, 0.3) is 0 Å². The third-order valence-electron chi connectivity index (χ3n) is 5.48. The topological polar surface area (TPSA) is 52.1 Å². The van der Waals surface area contributed by atoms with Crippen LogP contribution in [0, 0.1) is 0 Å². The lowest BCUT2D eigenvalue weighted by Crippen LogP contribution is -2.56. The van der Waals surface area contributed by atoms with Crippen LogP contribution in [0.3, 0.4) is 0 Å². The summed E-state index contributed by atoms with van der Waals surface area (Å²) in [5.41, 5.74) is 0.0992. The Bertz CT molecular complexity index is 387. The maximum atomic E-state index is 5.46. The van der Waals surface area contributed by atoms with Crippen LogP contribution in [0.4, 0.5) is 0 Å². The van der Waals surface area contributed by atoms with Gasteiger partial charge in [-0.25, -0.2) is 0 Å². The minimum Gasteiger partial charge on any atom is -0.379 e. The Morgan fingerprint density at radius 3 is 2.50 bits per heavy atom. The Kier molecular flexibility index (Phi) is 7.78. The van der Waals surface area contributed by atoms with E-state index in [0.717, 1.165) is 57.9 Å². The number of guanidine groups is 1. The maximum Gasteiger partial charge on any atom is 0.191 e. The van der Waals surface area contributed by atoms with Crippen molar-refractivity contribution in [2.45, 2.75) is 51.1 Å². The van der Waals surface area contributed by atoms with Crippen LogP contribution in [0.15, 0.2) is 4.99 Å². The Hall–Kier alpha value is -0.850. The number of ether oxygens (including phenoxy) is 1. The number of nitrogens with one attached hydrogen (secondary N) is 2. The number of rotatable bonds is 7. The van der Waals surface area contributed by atoms with Crippen molar-refractivity contribution in [2.24, 2.45) is 4.99 Å². The number of morpholine rings is 1. The van der Waals surface area contributed by atoms with Crippen LogP contribution in [-0.2, 0) is 4.74 Å². The first kappa shape index (κ1) is 19.5. The molecule has 1 aliphatic carbocycles. The van der Waals surface area contributed by atoms with Crippen molar-refractivity contribution in [1.29, 1.82) is 0 Å². The van der Waals surface area contributed by atoms with E-state index < -0.39 is 0 Å². The highest BCUT2D eigenvalue weighted by Crippen LogP contribution is 2.21. The molecule has 1 saturated carbocycles. The summed E-state index contributed by atoms with van der Waals surface area (Å²) in [6.45, 7) is 11.1. The quantitative estimate of drug-likeness (QED) is 0.538. The van der Waals surface area contributed by atoms with E-state index in [1.54, 1.807) is 0 Å². The second-order valence-corrected chi connectivity index (χ2v) is 7.68. The molecule has 24 heavy (non-hydrogen) atoms. The molecule has 0 amide bonds. The minimum atomic E-state index is 0.0992.